The van der Waals surface area contributed by atoms with Gasteiger partial charge in [-0.05, 0) is 42.9 Å². The molecule has 1 aromatic carbocycles. The molecule has 2 fully saturated rings. The smallest absolute Gasteiger partial charge is 0.242 e. The highest BCUT2D eigenvalue weighted by Crippen LogP contribution is 2.30. The Morgan fingerprint density at radius 1 is 1.30 bits per heavy atom. The Labute approximate surface area is 148 Å². The number of amides is 1. The number of morpholine rings is 1. The van der Waals surface area contributed by atoms with Crippen molar-refractivity contribution in [2.75, 3.05) is 32.8 Å². The van der Waals surface area contributed by atoms with Crippen LogP contribution in [0.3, 0.4) is 0 Å². The standard InChI is InChI=1S/C17H23ClN2O2.ClH/c18-15-5-3-13(4-6-15)7-9-20(11-14-1-2-14)17(21)16-12-22-10-8-19-16;/h3-6,14,16,19H,1-2,7-12H2;1H. The maximum absolute atomic E-state index is 12.7. The van der Waals surface area contributed by atoms with Crippen molar-refractivity contribution in [2.24, 2.45) is 5.92 Å². The van der Waals surface area contributed by atoms with E-state index in [1.54, 1.807) is 0 Å². The van der Waals surface area contributed by atoms with Gasteiger partial charge in [0.2, 0.25) is 5.91 Å². The Morgan fingerprint density at radius 2 is 2.04 bits per heavy atom. The number of hydrogen-bond donors (Lipinski definition) is 1. The van der Waals surface area contributed by atoms with Gasteiger partial charge in [0.25, 0.3) is 0 Å². The molecule has 1 saturated carbocycles. The lowest BCUT2D eigenvalue weighted by Gasteiger charge is -2.30. The predicted molar refractivity (Wildman–Crippen MR) is 94.3 cm³/mol. The van der Waals surface area contributed by atoms with Crippen LogP contribution in [0.15, 0.2) is 24.3 Å². The molecule has 1 amide bonds. The number of nitrogens with zero attached hydrogens (tertiary/aromatic N) is 1. The lowest BCUT2D eigenvalue weighted by molar-refractivity contribution is -0.136. The summed E-state index contributed by atoms with van der Waals surface area (Å²) in [5.74, 6) is 0.874. The van der Waals surface area contributed by atoms with Crippen molar-refractivity contribution >= 4 is 29.9 Å². The molecule has 0 aromatic heterocycles. The molecule has 128 valence electrons. The average Bonchev–Trinajstić information content (AvgIpc) is 3.37. The summed E-state index contributed by atoms with van der Waals surface area (Å²) in [5.41, 5.74) is 1.21. The summed E-state index contributed by atoms with van der Waals surface area (Å²) in [7, 11) is 0. The van der Waals surface area contributed by atoms with E-state index in [0.29, 0.717) is 19.1 Å². The molecular weight excluding hydrogens is 335 g/mol. The van der Waals surface area contributed by atoms with Crippen LogP contribution in [0.4, 0.5) is 0 Å². The Hall–Kier alpha value is -0.810. The highest BCUT2D eigenvalue weighted by Gasteiger charge is 2.31. The molecule has 1 atom stereocenters. The SMILES string of the molecule is Cl.O=C(C1COCCN1)N(CCc1ccc(Cl)cc1)CC1CC1. The summed E-state index contributed by atoms with van der Waals surface area (Å²) in [6.45, 7) is 3.57. The van der Waals surface area contributed by atoms with Crippen LogP contribution in [-0.4, -0.2) is 49.7 Å². The molecule has 1 unspecified atom stereocenters. The molecule has 0 bridgehead atoms. The van der Waals surface area contributed by atoms with E-state index in [2.05, 4.69) is 5.32 Å². The van der Waals surface area contributed by atoms with E-state index in [9.17, 15) is 4.79 Å². The van der Waals surface area contributed by atoms with E-state index in [4.69, 9.17) is 16.3 Å². The van der Waals surface area contributed by atoms with Crippen LogP contribution >= 0.6 is 24.0 Å². The van der Waals surface area contributed by atoms with E-state index in [1.807, 2.05) is 29.2 Å². The quantitative estimate of drug-likeness (QED) is 0.849. The van der Waals surface area contributed by atoms with Crippen LogP contribution in [-0.2, 0) is 16.0 Å². The minimum atomic E-state index is -0.183. The number of hydrogen-bond acceptors (Lipinski definition) is 3. The van der Waals surface area contributed by atoms with Gasteiger partial charge in [-0.1, -0.05) is 23.7 Å². The van der Waals surface area contributed by atoms with Crippen LogP contribution < -0.4 is 5.32 Å². The molecule has 4 nitrogen and oxygen atoms in total. The molecule has 0 spiro atoms. The summed E-state index contributed by atoms with van der Waals surface area (Å²) in [5, 5.41) is 4.01. The molecule has 0 radical (unpaired) electrons. The zero-order valence-corrected chi connectivity index (χ0v) is 14.7. The molecule has 1 saturated heterocycles. The molecule has 1 aliphatic carbocycles. The van der Waals surface area contributed by atoms with Crippen LogP contribution in [0.2, 0.25) is 5.02 Å². The molecule has 1 N–H and O–H groups in total. The Morgan fingerprint density at radius 3 is 2.65 bits per heavy atom. The normalized spacial score (nSPS) is 20.7. The number of ether oxygens (including phenoxy) is 1. The zero-order chi connectivity index (χ0) is 15.4. The molecule has 1 heterocycles. The number of nitrogens with one attached hydrogen (secondary N) is 1. The van der Waals surface area contributed by atoms with Gasteiger partial charge in [-0.15, -0.1) is 12.4 Å². The van der Waals surface area contributed by atoms with Crippen molar-refractivity contribution in [2.45, 2.75) is 25.3 Å². The number of rotatable bonds is 6. The van der Waals surface area contributed by atoms with Gasteiger partial charge < -0.3 is 15.0 Å². The minimum absolute atomic E-state index is 0. The number of carbonyl (C=O) groups is 1. The lowest BCUT2D eigenvalue weighted by atomic mass is 10.1. The first-order chi connectivity index (χ1) is 10.7. The highest BCUT2D eigenvalue weighted by molar-refractivity contribution is 6.30. The van der Waals surface area contributed by atoms with Crippen LogP contribution in [0, 0.1) is 5.92 Å². The first-order valence-electron chi connectivity index (χ1n) is 8.07. The predicted octanol–water partition coefficient (Wildman–Crippen LogP) is 2.53. The fourth-order valence-corrected chi connectivity index (χ4v) is 2.89. The van der Waals surface area contributed by atoms with Crippen LogP contribution in [0.5, 0.6) is 0 Å². The summed E-state index contributed by atoms with van der Waals surface area (Å²) in [6, 6.07) is 7.69. The van der Waals surface area contributed by atoms with Gasteiger partial charge >= 0.3 is 0 Å². The monoisotopic (exact) mass is 358 g/mol. The van der Waals surface area contributed by atoms with E-state index in [-0.39, 0.29) is 24.4 Å². The van der Waals surface area contributed by atoms with E-state index in [1.165, 1.54) is 18.4 Å². The maximum atomic E-state index is 12.7. The summed E-state index contributed by atoms with van der Waals surface area (Å²) >= 11 is 5.92. The molecule has 6 heteroatoms. The van der Waals surface area contributed by atoms with Crippen molar-refractivity contribution < 1.29 is 9.53 Å². The second-order valence-electron chi connectivity index (χ2n) is 6.19. The van der Waals surface area contributed by atoms with Crippen molar-refractivity contribution in [3.63, 3.8) is 0 Å². The molecule has 2 aliphatic rings. The van der Waals surface area contributed by atoms with Crippen molar-refractivity contribution in [1.29, 1.82) is 0 Å². The van der Waals surface area contributed by atoms with Gasteiger partial charge in [0.05, 0.1) is 13.2 Å². The Balaban J connectivity index is 0.00000192. The first kappa shape index (κ1) is 18.5. The Kier molecular flexibility index (Phi) is 7.15. The third-order valence-electron chi connectivity index (χ3n) is 4.29. The van der Waals surface area contributed by atoms with Gasteiger partial charge in [-0.25, -0.2) is 0 Å². The van der Waals surface area contributed by atoms with Crippen LogP contribution in [0.1, 0.15) is 18.4 Å². The summed E-state index contributed by atoms with van der Waals surface area (Å²) < 4.78 is 5.43. The third kappa shape index (κ3) is 5.64. The summed E-state index contributed by atoms with van der Waals surface area (Å²) in [6.07, 6.45) is 3.36. The fourth-order valence-electron chi connectivity index (χ4n) is 2.76. The van der Waals surface area contributed by atoms with E-state index in [0.717, 1.165) is 31.1 Å². The van der Waals surface area contributed by atoms with Crippen molar-refractivity contribution in [1.82, 2.24) is 10.2 Å². The third-order valence-corrected chi connectivity index (χ3v) is 4.54. The van der Waals surface area contributed by atoms with Gasteiger partial charge in [-0.3, -0.25) is 4.79 Å². The molecular formula is C17H24Cl2N2O2. The minimum Gasteiger partial charge on any atom is -0.378 e. The topological polar surface area (TPSA) is 41.6 Å². The van der Waals surface area contributed by atoms with Gasteiger partial charge in [0.1, 0.15) is 6.04 Å². The van der Waals surface area contributed by atoms with Crippen molar-refractivity contribution in [3.05, 3.63) is 34.9 Å². The number of carbonyl (C=O) groups excluding carboxylic acids is 1. The van der Waals surface area contributed by atoms with Crippen LogP contribution in [0.25, 0.3) is 0 Å². The fraction of sp³-hybridized carbons (Fsp3) is 0.588. The molecule has 1 aliphatic heterocycles. The zero-order valence-electron chi connectivity index (χ0n) is 13.2. The number of benzene rings is 1. The second-order valence-corrected chi connectivity index (χ2v) is 6.62. The Bertz CT molecular complexity index is 500. The first-order valence-corrected chi connectivity index (χ1v) is 8.44. The van der Waals surface area contributed by atoms with Crippen molar-refractivity contribution in [3.8, 4) is 0 Å². The second kappa shape index (κ2) is 8.88. The van der Waals surface area contributed by atoms with E-state index < -0.39 is 0 Å². The van der Waals surface area contributed by atoms with Gasteiger partial charge in [0.15, 0.2) is 0 Å². The average molecular weight is 359 g/mol. The number of halogens is 2. The lowest BCUT2D eigenvalue weighted by Crippen LogP contribution is -2.53. The molecule has 3 rings (SSSR count). The largest absolute Gasteiger partial charge is 0.378 e. The molecule has 23 heavy (non-hydrogen) atoms. The van der Waals surface area contributed by atoms with E-state index >= 15 is 0 Å². The van der Waals surface area contributed by atoms with Gasteiger partial charge in [0, 0.05) is 24.7 Å². The highest BCUT2D eigenvalue weighted by atomic mass is 35.5. The van der Waals surface area contributed by atoms with Gasteiger partial charge in [-0.2, -0.15) is 0 Å². The summed E-state index contributed by atoms with van der Waals surface area (Å²) in [4.78, 5) is 14.7. The molecule has 1 aromatic rings. The maximum Gasteiger partial charge on any atom is 0.242 e.